The SMILES string of the molecule is CCC1CCCCC1C(O)c1ccoc1Br. The molecule has 0 amide bonds. The van der Waals surface area contributed by atoms with Gasteiger partial charge in [-0.05, 0) is 40.3 Å². The van der Waals surface area contributed by atoms with Crippen molar-refractivity contribution in [1.82, 2.24) is 0 Å². The van der Waals surface area contributed by atoms with Crippen LogP contribution in [0.2, 0.25) is 0 Å². The Balaban J connectivity index is 2.13. The second kappa shape index (κ2) is 5.37. The van der Waals surface area contributed by atoms with E-state index >= 15 is 0 Å². The smallest absolute Gasteiger partial charge is 0.174 e. The summed E-state index contributed by atoms with van der Waals surface area (Å²) in [5.74, 6) is 1.05. The maximum absolute atomic E-state index is 10.4. The van der Waals surface area contributed by atoms with Crippen LogP contribution in [0.25, 0.3) is 0 Å². The van der Waals surface area contributed by atoms with Crippen LogP contribution in [0.5, 0.6) is 0 Å². The summed E-state index contributed by atoms with van der Waals surface area (Å²) in [4.78, 5) is 0. The quantitative estimate of drug-likeness (QED) is 0.899. The van der Waals surface area contributed by atoms with Gasteiger partial charge in [-0.1, -0.05) is 32.6 Å². The van der Waals surface area contributed by atoms with E-state index in [1.54, 1.807) is 6.26 Å². The Morgan fingerprint density at radius 2 is 2.25 bits per heavy atom. The zero-order chi connectivity index (χ0) is 11.5. The summed E-state index contributed by atoms with van der Waals surface area (Å²) < 4.78 is 5.88. The van der Waals surface area contributed by atoms with Crippen LogP contribution in [0.4, 0.5) is 0 Å². The van der Waals surface area contributed by atoms with Crippen molar-refractivity contribution in [1.29, 1.82) is 0 Å². The number of halogens is 1. The summed E-state index contributed by atoms with van der Waals surface area (Å²) in [7, 11) is 0. The molecule has 3 atom stereocenters. The van der Waals surface area contributed by atoms with E-state index in [0.29, 0.717) is 16.5 Å². The minimum atomic E-state index is -0.377. The largest absolute Gasteiger partial charge is 0.457 e. The molecular weight excluding hydrogens is 268 g/mol. The Kier molecular flexibility index (Phi) is 4.09. The van der Waals surface area contributed by atoms with Gasteiger partial charge in [0.25, 0.3) is 0 Å². The highest BCUT2D eigenvalue weighted by molar-refractivity contribution is 9.10. The number of rotatable bonds is 3. The maximum atomic E-state index is 10.4. The van der Waals surface area contributed by atoms with E-state index in [1.807, 2.05) is 6.07 Å². The van der Waals surface area contributed by atoms with Gasteiger partial charge < -0.3 is 9.52 Å². The predicted octanol–water partition coefficient (Wildman–Crippen LogP) is 4.29. The molecule has 0 spiro atoms. The average Bonchev–Trinajstić information content (AvgIpc) is 2.74. The molecule has 3 heteroatoms. The van der Waals surface area contributed by atoms with Gasteiger partial charge in [0.2, 0.25) is 0 Å². The third-order valence-electron chi connectivity index (χ3n) is 3.86. The van der Waals surface area contributed by atoms with Gasteiger partial charge in [0.15, 0.2) is 4.67 Å². The highest BCUT2D eigenvalue weighted by Gasteiger charge is 2.32. The van der Waals surface area contributed by atoms with E-state index in [9.17, 15) is 5.11 Å². The lowest BCUT2D eigenvalue weighted by Crippen LogP contribution is -2.25. The predicted molar refractivity (Wildman–Crippen MR) is 67.1 cm³/mol. The van der Waals surface area contributed by atoms with E-state index in [2.05, 4.69) is 22.9 Å². The number of furan rings is 1. The highest BCUT2D eigenvalue weighted by Crippen LogP contribution is 2.42. The molecule has 1 aromatic heterocycles. The van der Waals surface area contributed by atoms with Crippen LogP contribution in [0.3, 0.4) is 0 Å². The lowest BCUT2D eigenvalue weighted by Gasteiger charge is -2.34. The molecule has 0 bridgehead atoms. The molecule has 0 radical (unpaired) electrons. The molecule has 2 nitrogen and oxygen atoms in total. The fourth-order valence-corrected chi connectivity index (χ4v) is 3.38. The summed E-state index contributed by atoms with van der Waals surface area (Å²) in [6.07, 6.45) is 7.37. The van der Waals surface area contributed by atoms with Crippen LogP contribution in [-0.2, 0) is 0 Å². The molecule has 90 valence electrons. The number of hydrogen-bond acceptors (Lipinski definition) is 2. The van der Waals surface area contributed by atoms with Crippen LogP contribution in [0.1, 0.15) is 50.7 Å². The fraction of sp³-hybridized carbons (Fsp3) is 0.692. The summed E-state index contributed by atoms with van der Waals surface area (Å²) in [5.41, 5.74) is 0.908. The van der Waals surface area contributed by atoms with Crippen molar-refractivity contribution in [2.45, 2.75) is 45.1 Å². The monoisotopic (exact) mass is 286 g/mol. The number of aliphatic hydroxyl groups is 1. The summed E-state index contributed by atoms with van der Waals surface area (Å²) in [6.45, 7) is 2.22. The molecule has 0 aromatic carbocycles. The molecule has 1 heterocycles. The van der Waals surface area contributed by atoms with Gasteiger partial charge in [-0.15, -0.1) is 0 Å². The highest BCUT2D eigenvalue weighted by atomic mass is 79.9. The van der Waals surface area contributed by atoms with Gasteiger partial charge in [-0.25, -0.2) is 0 Å². The first-order valence-electron chi connectivity index (χ1n) is 6.15. The van der Waals surface area contributed by atoms with Crippen molar-refractivity contribution in [3.05, 3.63) is 22.6 Å². The lowest BCUT2D eigenvalue weighted by atomic mass is 9.74. The van der Waals surface area contributed by atoms with Gasteiger partial charge >= 0.3 is 0 Å². The van der Waals surface area contributed by atoms with E-state index in [1.165, 1.54) is 19.3 Å². The Labute approximate surface area is 105 Å². The van der Waals surface area contributed by atoms with Crippen LogP contribution >= 0.6 is 15.9 Å². The molecule has 1 N–H and O–H groups in total. The molecule has 3 unspecified atom stereocenters. The van der Waals surface area contributed by atoms with Gasteiger partial charge in [-0.3, -0.25) is 0 Å². The van der Waals surface area contributed by atoms with Gasteiger partial charge in [0.1, 0.15) is 0 Å². The standard InChI is InChI=1S/C13H19BrO2/c1-2-9-5-3-4-6-10(9)12(15)11-7-8-16-13(11)14/h7-10,12,15H,2-6H2,1H3. The molecule has 0 saturated heterocycles. The third kappa shape index (κ3) is 2.35. The molecule has 16 heavy (non-hydrogen) atoms. The molecule has 1 aromatic rings. The van der Waals surface area contributed by atoms with Gasteiger partial charge in [0, 0.05) is 5.56 Å². The zero-order valence-corrected chi connectivity index (χ0v) is 11.2. The van der Waals surface area contributed by atoms with Crippen LogP contribution < -0.4 is 0 Å². The molecule has 2 rings (SSSR count). The summed E-state index contributed by atoms with van der Waals surface area (Å²) >= 11 is 3.35. The van der Waals surface area contributed by atoms with Crippen LogP contribution in [0.15, 0.2) is 21.4 Å². The van der Waals surface area contributed by atoms with E-state index in [0.717, 1.165) is 18.4 Å². The Hall–Kier alpha value is -0.280. The minimum Gasteiger partial charge on any atom is -0.457 e. The van der Waals surface area contributed by atoms with E-state index in [4.69, 9.17) is 4.42 Å². The lowest BCUT2D eigenvalue weighted by molar-refractivity contribution is 0.0441. The summed E-state index contributed by atoms with van der Waals surface area (Å²) in [5, 5.41) is 10.4. The van der Waals surface area contributed by atoms with E-state index in [-0.39, 0.29) is 6.10 Å². The van der Waals surface area contributed by atoms with Crippen LogP contribution in [-0.4, -0.2) is 5.11 Å². The Bertz CT molecular complexity index is 334. The normalized spacial score (nSPS) is 27.9. The zero-order valence-electron chi connectivity index (χ0n) is 9.66. The Morgan fingerprint density at radius 1 is 1.50 bits per heavy atom. The average molecular weight is 287 g/mol. The van der Waals surface area contributed by atoms with Crippen molar-refractivity contribution < 1.29 is 9.52 Å². The number of hydrogen-bond donors (Lipinski definition) is 1. The third-order valence-corrected chi connectivity index (χ3v) is 4.51. The van der Waals surface area contributed by atoms with Crippen molar-refractivity contribution in [2.24, 2.45) is 11.8 Å². The Morgan fingerprint density at radius 3 is 2.88 bits per heavy atom. The molecule has 1 fully saturated rings. The number of aliphatic hydroxyl groups excluding tert-OH is 1. The first kappa shape index (κ1) is 12.2. The van der Waals surface area contributed by atoms with Crippen molar-refractivity contribution >= 4 is 15.9 Å². The molecule has 1 saturated carbocycles. The molecule has 1 aliphatic rings. The second-order valence-electron chi connectivity index (χ2n) is 4.71. The minimum absolute atomic E-state index is 0.377. The topological polar surface area (TPSA) is 33.4 Å². The van der Waals surface area contributed by atoms with Gasteiger partial charge in [0.05, 0.1) is 12.4 Å². The van der Waals surface area contributed by atoms with E-state index < -0.39 is 0 Å². The van der Waals surface area contributed by atoms with Crippen molar-refractivity contribution in [3.63, 3.8) is 0 Å². The van der Waals surface area contributed by atoms with Crippen LogP contribution in [0, 0.1) is 11.8 Å². The maximum Gasteiger partial charge on any atom is 0.174 e. The molecule has 1 aliphatic carbocycles. The molecular formula is C13H19BrO2. The van der Waals surface area contributed by atoms with Gasteiger partial charge in [-0.2, -0.15) is 0 Å². The first-order valence-corrected chi connectivity index (χ1v) is 6.94. The molecule has 0 aliphatic heterocycles. The van der Waals surface area contributed by atoms with Crippen molar-refractivity contribution in [2.75, 3.05) is 0 Å². The second-order valence-corrected chi connectivity index (χ2v) is 5.43. The van der Waals surface area contributed by atoms with Crippen molar-refractivity contribution in [3.8, 4) is 0 Å². The fourth-order valence-electron chi connectivity index (χ4n) is 2.90. The summed E-state index contributed by atoms with van der Waals surface area (Å²) in [6, 6.07) is 1.87. The first-order chi connectivity index (χ1) is 7.74.